The lowest BCUT2D eigenvalue weighted by molar-refractivity contribution is 0.922. The molecule has 1 atom stereocenters. The Hall–Kier alpha value is -0.690. The Labute approximate surface area is 84.0 Å². The summed E-state index contributed by atoms with van der Waals surface area (Å²) in [6, 6.07) is 10.7. The molecule has 0 fully saturated rings. The van der Waals surface area contributed by atoms with Crippen LogP contribution in [0.4, 0.5) is 0 Å². The summed E-state index contributed by atoms with van der Waals surface area (Å²) in [6.07, 6.45) is 4.93. The molecule has 68 valence electrons. The van der Waals surface area contributed by atoms with Crippen molar-refractivity contribution < 1.29 is 0 Å². The SMILES string of the molecule is CC1=CCCC1Sc1ccccc1. The zero-order chi connectivity index (χ0) is 9.10. The highest BCUT2D eigenvalue weighted by Crippen LogP contribution is 2.34. The summed E-state index contributed by atoms with van der Waals surface area (Å²) in [5.41, 5.74) is 1.55. The minimum absolute atomic E-state index is 0.724. The predicted molar refractivity (Wildman–Crippen MR) is 59.1 cm³/mol. The van der Waals surface area contributed by atoms with Crippen LogP contribution in [-0.4, -0.2) is 5.25 Å². The molecule has 0 N–H and O–H groups in total. The van der Waals surface area contributed by atoms with Crippen LogP contribution in [0, 0.1) is 0 Å². The van der Waals surface area contributed by atoms with Gasteiger partial charge in [-0.2, -0.15) is 0 Å². The van der Waals surface area contributed by atoms with Crippen molar-refractivity contribution in [2.75, 3.05) is 0 Å². The van der Waals surface area contributed by atoms with Gasteiger partial charge in [0.05, 0.1) is 0 Å². The number of hydrogen-bond acceptors (Lipinski definition) is 1. The number of thioether (sulfide) groups is 1. The highest BCUT2D eigenvalue weighted by molar-refractivity contribution is 8.00. The van der Waals surface area contributed by atoms with Crippen LogP contribution in [0.2, 0.25) is 0 Å². The van der Waals surface area contributed by atoms with E-state index in [1.54, 1.807) is 5.57 Å². The lowest BCUT2D eigenvalue weighted by Crippen LogP contribution is -1.97. The maximum atomic E-state index is 2.36. The predicted octanol–water partition coefficient (Wildman–Crippen LogP) is 3.89. The third-order valence-electron chi connectivity index (χ3n) is 2.42. The van der Waals surface area contributed by atoms with E-state index in [2.05, 4.69) is 43.3 Å². The van der Waals surface area contributed by atoms with E-state index in [4.69, 9.17) is 0 Å². The number of hydrogen-bond donors (Lipinski definition) is 0. The van der Waals surface area contributed by atoms with Gasteiger partial charge in [0.2, 0.25) is 0 Å². The quantitative estimate of drug-likeness (QED) is 0.638. The van der Waals surface area contributed by atoms with Gasteiger partial charge in [0.25, 0.3) is 0 Å². The minimum Gasteiger partial charge on any atom is -0.118 e. The minimum atomic E-state index is 0.724. The number of rotatable bonds is 2. The fourth-order valence-electron chi connectivity index (χ4n) is 1.64. The van der Waals surface area contributed by atoms with E-state index in [1.807, 2.05) is 11.8 Å². The zero-order valence-corrected chi connectivity index (χ0v) is 8.68. The molecule has 1 aliphatic carbocycles. The molecule has 1 unspecified atom stereocenters. The third-order valence-corrected chi connectivity index (χ3v) is 3.86. The van der Waals surface area contributed by atoms with Gasteiger partial charge in [-0.25, -0.2) is 0 Å². The lowest BCUT2D eigenvalue weighted by atomic mass is 10.3. The monoisotopic (exact) mass is 190 g/mol. The van der Waals surface area contributed by atoms with E-state index in [-0.39, 0.29) is 0 Å². The van der Waals surface area contributed by atoms with Crippen molar-refractivity contribution in [1.82, 2.24) is 0 Å². The van der Waals surface area contributed by atoms with Crippen molar-refractivity contribution >= 4 is 11.8 Å². The van der Waals surface area contributed by atoms with Crippen LogP contribution in [0.5, 0.6) is 0 Å². The van der Waals surface area contributed by atoms with Gasteiger partial charge in [-0.15, -0.1) is 11.8 Å². The Morgan fingerprint density at radius 3 is 2.62 bits per heavy atom. The molecule has 0 heterocycles. The first kappa shape index (κ1) is 8.89. The van der Waals surface area contributed by atoms with Crippen LogP contribution in [0.25, 0.3) is 0 Å². The fraction of sp³-hybridized carbons (Fsp3) is 0.333. The van der Waals surface area contributed by atoms with Crippen LogP contribution in [0.1, 0.15) is 19.8 Å². The van der Waals surface area contributed by atoms with Crippen molar-refractivity contribution in [2.24, 2.45) is 0 Å². The Morgan fingerprint density at radius 1 is 1.23 bits per heavy atom. The van der Waals surface area contributed by atoms with Crippen molar-refractivity contribution in [1.29, 1.82) is 0 Å². The largest absolute Gasteiger partial charge is 0.118 e. The molecule has 0 bridgehead atoms. The molecule has 2 rings (SSSR count). The topological polar surface area (TPSA) is 0 Å². The van der Waals surface area contributed by atoms with Crippen molar-refractivity contribution in [3.05, 3.63) is 42.0 Å². The summed E-state index contributed by atoms with van der Waals surface area (Å²) in [4.78, 5) is 1.39. The molecule has 0 aromatic heterocycles. The van der Waals surface area contributed by atoms with Gasteiger partial charge >= 0.3 is 0 Å². The van der Waals surface area contributed by atoms with Crippen LogP contribution in [0.15, 0.2) is 46.9 Å². The summed E-state index contributed by atoms with van der Waals surface area (Å²) in [7, 11) is 0. The van der Waals surface area contributed by atoms with Gasteiger partial charge in [0.15, 0.2) is 0 Å². The first-order valence-corrected chi connectivity index (χ1v) is 5.62. The zero-order valence-electron chi connectivity index (χ0n) is 7.86. The second-order valence-corrected chi connectivity index (χ2v) is 4.72. The maximum Gasteiger partial charge on any atom is 0.0304 e. The van der Waals surface area contributed by atoms with Gasteiger partial charge < -0.3 is 0 Å². The Kier molecular flexibility index (Phi) is 2.74. The van der Waals surface area contributed by atoms with E-state index < -0.39 is 0 Å². The molecule has 0 aliphatic heterocycles. The second-order valence-electron chi connectivity index (χ2n) is 3.45. The van der Waals surface area contributed by atoms with Crippen molar-refractivity contribution in [3.8, 4) is 0 Å². The molecule has 0 saturated carbocycles. The van der Waals surface area contributed by atoms with E-state index in [0.29, 0.717) is 0 Å². The van der Waals surface area contributed by atoms with Gasteiger partial charge in [-0.1, -0.05) is 29.8 Å². The van der Waals surface area contributed by atoms with E-state index >= 15 is 0 Å². The highest BCUT2D eigenvalue weighted by atomic mass is 32.2. The molecular formula is C12H14S. The van der Waals surface area contributed by atoms with Crippen LogP contribution in [0.3, 0.4) is 0 Å². The van der Waals surface area contributed by atoms with Gasteiger partial charge in [0, 0.05) is 10.1 Å². The van der Waals surface area contributed by atoms with E-state index in [9.17, 15) is 0 Å². The molecule has 0 amide bonds. The van der Waals surface area contributed by atoms with Gasteiger partial charge in [-0.05, 0) is 31.9 Å². The van der Waals surface area contributed by atoms with Crippen LogP contribution >= 0.6 is 11.8 Å². The van der Waals surface area contributed by atoms with Crippen LogP contribution < -0.4 is 0 Å². The second kappa shape index (κ2) is 4.01. The normalized spacial score (nSPS) is 21.6. The first-order chi connectivity index (χ1) is 6.36. The Bertz CT molecular complexity index is 300. The molecule has 1 heteroatoms. The molecule has 1 aliphatic rings. The standard InChI is InChI=1S/C12H14S/c1-10-6-5-9-12(10)13-11-7-3-2-4-8-11/h2-4,6-8,12H,5,9H2,1H3. The third kappa shape index (κ3) is 2.16. The summed E-state index contributed by atoms with van der Waals surface area (Å²) in [5, 5.41) is 0.724. The smallest absolute Gasteiger partial charge is 0.0304 e. The van der Waals surface area contributed by atoms with Gasteiger partial charge in [0.1, 0.15) is 0 Å². The van der Waals surface area contributed by atoms with E-state index in [0.717, 1.165) is 5.25 Å². The Balaban J connectivity index is 2.03. The number of allylic oxidation sites excluding steroid dienone is 1. The molecule has 1 aromatic carbocycles. The summed E-state index contributed by atoms with van der Waals surface area (Å²) < 4.78 is 0. The Morgan fingerprint density at radius 2 is 2.00 bits per heavy atom. The maximum absolute atomic E-state index is 2.36. The van der Waals surface area contributed by atoms with Crippen LogP contribution in [-0.2, 0) is 0 Å². The molecule has 0 radical (unpaired) electrons. The molecule has 13 heavy (non-hydrogen) atoms. The number of benzene rings is 1. The average Bonchev–Trinajstić information content (AvgIpc) is 2.54. The van der Waals surface area contributed by atoms with Crippen molar-refractivity contribution in [2.45, 2.75) is 29.9 Å². The van der Waals surface area contributed by atoms with Crippen molar-refractivity contribution in [3.63, 3.8) is 0 Å². The van der Waals surface area contributed by atoms with Gasteiger partial charge in [-0.3, -0.25) is 0 Å². The molecule has 0 nitrogen and oxygen atoms in total. The summed E-state index contributed by atoms with van der Waals surface area (Å²) >= 11 is 1.99. The highest BCUT2D eigenvalue weighted by Gasteiger charge is 2.16. The molecule has 1 aromatic rings. The molecule has 0 saturated heterocycles. The summed E-state index contributed by atoms with van der Waals surface area (Å²) in [6.45, 7) is 2.24. The average molecular weight is 190 g/mol. The van der Waals surface area contributed by atoms with E-state index in [1.165, 1.54) is 17.7 Å². The molecular weight excluding hydrogens is 176 g/mol. The lowest BCUT2D eigenvalue weighted by Gasteiger charge is -2.10. The summed E-state index contributed by atoms with van der Waals surface area (Å²) in [5.74, 6) is 0. The fourth-order valence-corrected chi connectivity index (χ4v) is 2.82. The molecule has 0 spiro atoms. The first-order valence-electron chi connectivity index (χ1n) is 4.74.